The molecular weight excluding hydrogens is 196 g/mol. The van der Waals surface area contributed by atoms with Gasteiger partial charge in [-0.05, 0) is 19.8 Å². The number of hydrogen-bond donors (Lipinski definition) is 1. The highest BCUT2D eigenvalue weighted by atomic mass is 16.6. The molecule has 0 aromatic heterocycles. The molecule has 1 atom stereocenters. The molecule has 4 heteroatoms. The van der Waals surface area contributed by atoms with Crippen LogP contribution in [0, 0.1) is 0 Å². The van der Waals surface area contributed by atoms with E-state index in [0.717, 1.165) is 26.1 Å². The van der Waals surface area contributed by atoms with Crippen LogP contribution in [0.4, 0.5) is 0 Å². The summed E-state index contributed by atoms with van der Waals surface area (Å²) in [5.41, 5.74) is 0. The summed E-state index contributed by atoms with van der Waals surface area (Å²) in [6, 6.07) is 0. The highest BCUT2D eigenvalue weighted by Crippen LogP contribution is 1.91. The van der Waals surface area contributed by atoms with Crippen LogP contribution >= 0.6 is 0 Å². The lowest BCUT2D eigenvalue weighted by Crippen LogP contribution is -2.12. The number of hydrogen-bond acceptors (Lipinski definition) is 4. The third-order valence-electron chi connectivity index (χ3n) is 1.81. The average molecular weight is 220 g/mol. The van der Waals surface area contributed by atoms with Crippen molar-refractivity contribution in [2.24, 2.45) is 0 Å². The first-order chi connectivity index (χ1) is 7.27. The SMILES string of the molecule is CCCCOCCCOCCOC(C)O. The summed E-state index contributed by atoms with van der Waals surface area (Å²) in [5.74, 6) is 0. The van der Waals surface area contributed by atoms with Crippen LogP contribution in [0.3, 0.4) is 0 Å². The Hall–Kier alpha value is -0.160. The van der Waals surface area contributed by atoms with E-state index in [4.69, 9.17) is 19.3 Å². The van der Waals surface area contributed by atoms with Crippen molar-refractivity contribution in [1.29, 1.82) is 0 Å². The highest BCUT2D eigenvalue weighted by Gasteiger charge is 1.94. The van der Waals surface area contributed by atoms with Crippen LogP contribution in [0.25, 0.3) is 0 Å². The molecule has 0 saturated carbocycles. The Morgan fingerprint density at radius 3 is 2.13 bits per heavy atom. The second-order valence-corrected chi connectivity index (χ2v) is 3.40. The fraction of sp³-hybridized carbons (Fsp3) is 1.00. The van der Waals surface area contributed by atoms with Crippen LogP contribution < -0.4 is 0 Å². The van der Waals surface area contributed by atoms with Crippen molar-refractivity contribution in [2.75, 3.05) is 33.0 Å². The third-order valence-corrected chi connectivity index (χ3v) is 1.81. The molecule has 92 valence electrons. The minimum absolute atomic E-state index is 0.439. The Balaban J connectivity index is 2.87. The van der Waals surface area contributed by atoms with Gasteiger partial charge in [0.05, 0.1) is 13.2 Å². The van der Waals surface area contributed by atoms with Gasteiger partial charge in [-0.3, -0.25) is 0 Å². The fourth-order valence-corrected chi connectivity index (χ4v) is 0.991. The maximum absolute atomic E-state index is 8.78. The Kier molecular flexibility index (Phi) is 11.8. The molecule has 1 N–H and O–H groups in total. The lowest BCUT2D eigenvalue weighted by atomic mass is 10.4. The van der Waals surface area contributed by atoms with Gasteiger partial charge in [0, 0.05) is 19.8 Å². The van der Waals surface area contributed by atoms with Crippen molar-refractivity contribution in [1.82, 2.24) is 0 Å². The van der Waals surface area contributed by atoms with Gasteiger partial charge in [-0.15, -0.1) is 0 Å². The van der Waals surface area contributed by atoms with E-state index in [1.165, 1.54) is 6.42 Å². The van der Waals surface area contributed by atoms with Gasteiger partial charge >= 0.3 is 0 Å². The van der Waals surface area contributed by atoms with Crippen LogP contribution in [-0.2, 0) is 14.2 Å². The number of unbranched alkanes of at least 4 members (excludes halogenated alkanes) is 1. The van der Waals surface area contributed by atoms with Crippen molar-refractivity contribution >= 4 is 0 Å². The molecular formula is C11H24O4. The molecule has 0 bridgehead atoms. The standard InChI is InChI=1S/C11H24O4/c1-3-4-6-13-7-5-8-14-9-10-15-11(2)12/h11-12H,3-10H2,1-2H3. The average Bonchev–Trinajstić information content (AvgIpc) is 2.20. The maximum atomic E-state index is 8.78. The van der Waals surface area contributed by atoms with Crippen LogP contribution in [0.15, 0.2) is 0 Å². The molecule has 0 amide bonds. The monoisotopic (exact) mass is 220 g/mol. The van der Waals surface area contributed by atoms with Gasteiger partial charge in [-0.25, -0.2) is 0 Å². The molecule has 0 spiro atoms. The van der Waals surface area contributed by atoms with Gasteiger partial charge in [-0.2, -0.15) is 0 Å². The zero-order chi connectivity index (χ0) is 11.4. The summed E-state index contributed by atoms with van der Waals surface area (Å²) in [6.07, 6.45) is 2.51. The Bertz CT molecular complexity index is 117. The van der Waals surface area contributed by atoms with E-state index in [9.17, 15) is 0 Å². The van der Waals surface area contributed by atoms with E-state index < -0.39 is 6.29 Å². The predicted octanol–water partition coefficient (Wildman–Crippen LogP) is 1.56. The molecule has 0 aliphatic carbocycles. The first-order valence-electron chi connectivity index (χ1n) is 5.72. The summed E-state index contributed by atoms with van der Waals surface area (Å²) >= 11 is 0. The van der Waals surface area contributed by atoms with Gasteiger partial charge in [0.2, 0.25) is 0 Å². The molecule has 0 fully saturated rings. The number of aliphatic hydroxyl groups is 1. The van der Waals surface area contributed by atoms with Crippen molar-refractivity contribution in [2.45, 2.75) is 39.4 Å². The molecule has 0 aliphatic rings. The molecule has 15 heavy (non-hydrogen) atoms. The molecule has 0 radical (unpaired) electrons. The Labute approximate surface area is 92.5 Å². The second kappa shape index (κ2) is 11.9. The molecule has 1 unspecified atom stereocenters. The predicted molar refractivity (Wildman–Crippen MR) is 58.8 cm³/mol. The van der Waals surface area contributed by atoms with Crippen LogP contribution in [0.5, 0.6) is 0 Å². The van der Waals surface area contributed by atoms with E-state index in [1.807, 2.05) is 0 Å². The summed E-state index contributed by atoms with van der Waals surface area (Å²) in [7, 11) is 0. The van der Waals surface area contributed by atoms with Gasteiger partial charge in [0.25, 0.3) is 0 Å². The largest absolute Gasteiger partial charge is 0.381 e. The molecule has 0 saturated heterocycles. The van der Waals surface area contributed by atoms with Gasteiger partial charge in [0.1, 0.15) is 0 Å². The quantitative estimate of drug-likeness (QED) is 0.424. The smallest absolute Gasteiger partial charge is 0.151 e. The van der Waals surface area contributed by atoms with Gasteiger partial charge in [0.15, 0.2) is 6.29 Å². The molecule has 0 aliphatic heterocycles. The van der Waals surface area contributed by atoms with Crippen LogP contribution in [-0.4, -0.2) is 44.4 Å². The Morgan fingerprint density at radius 2 is 1.53 bits per heavy atom. The van der Waals surface area contributed by atoms with E-state index >= 15 is 0 Å². The topological polar surface area (TPSA) is 47.9 Å². The number of aliphatic hydroxyl groups excluding tert-OH is 1. The minimum Gasteiger partial charge on any atom is -0.381 e. The van der Waals surface area contributed by atoms with Crippen LogP contribution in [0.1, 0.15) is 33.1 Å². The van der Waals surface area contributed by atoms with Crippen molar-refractivity contribution in [3.05, 3.63) is 0 Å². The minimum atomic E-state index is -0.703. The zero-order valence-corrected chi connectivity index (χ0v) is 9.91. The van der Waals surface area contributed by atoms with Crippen molar-refractivity contribution in [3.63, 3.8) is 0 Å². The summed E-state index contributed by atoms with van der Waals surface area (Å²) in [4.78, 5) is 0. The van der Waals surface area contributed by atoms with E-state index in [1.54, 1.807) is 6.92 Å². The molecule has 0 rings (SSSR count). The number of rotatable bonds is 11. The second-order valence-electron chi connectivity index (χ2n) is 3.40. The van der Waals surface area contributed by atoms with Crippen molar-refractivity contribution in [3.8, 4) is 0 Å². The summed E-state index contributed by atoms with van der Waals surface area (Å²) < 4.78 is 15.5. The Morgan fingerprint density at radius 1 is 0.933 bits per heavy atom. The number of ether oxygens (including phenoxy) is 3. The van der Waals surface area contributed by atoms with E-state index in [0.29, 0.717) is 19.8 Å². The third kappa shape index (κ3) is 13.8. The van der Waals surface area contributed by atoms with E-state index in [-0.39, 0.29) is 0 Å². The molecule has 0 aromatic carbocycles. The summed E-state index contributed by atoms with van der Waals surface area (Å²) in [5, 5.41) is 8.78. The highest BCUT2D eigenvalue weighted by molar-refractivity contribution is 4.37. The fourth-order valence-electron chi connectivity index (χ4n) is 0.991. The van der Waals surface area contributed by atoms with Crippen molar-refractivity contribution < 1.29 is 19.3 Å². The van der Waals surface area contributed by atoms with Gasteiger partial charge in [-0.1, -0.05) is 13.3 Å². The molecule has 0 heterocycles. The first kappa shape index (κ1) is 14.8. The summed E-state index contributed by atoms with van der Waals surface area (Å²) in [6.45, 7) is 7.00. The zero-order valence-electron chi connectivity index (χ0n) is 9.91. The lowest BCUT2D eigenvalue weighted by molar-refractivity contribution is -0.0999. The first-order valence-corrected chi connectivity index (χ1v) is 5.72. The molecule has 4 nitrogen and oxygen atoms in total. The van der Waals surface area contributed by atoms with Gasteiger partial charge < -0.3 is 19.3 Å². The van der Waals surface area contributed by atoms with Crippen LogP contribution in [0.2, 0.25) is 0 Å². The maximum Gasteiger partial charge on any atom is 0.151 e. The lowest BCUT2D eigenvalue weighted by Gasteiger charge is -2.07. The molecule has 0 aromatic rings. The normalized spacial score (nSPS) is 13.0. The van der Waals surface area contributed by atoms with E-state index in [2.05, 4.69) is 6.92 Å².